The summed E-state index contributed by atoms with van der Waals surface area (Å²) in [4.78, 5) is 37.7. The van der Waals surface area contributed by atoms with Gasteiger partial charge in [0.2, 0.25) is 0 Å². The summed E-state index contributed by atoms with van der Waals surface area (Å²) in [6.45, 7) is 8.09. The number of esters is 1. The summed E-state index contributed by atoms with van der Waals surface area (Å²) in [5.41, 5.74) is -8.25. The summed E-state index contributed by atoms with van der Waals surface area (Å²) in [6, 6.07) is 0. The van der Waals surface area contributed by atoms with Crippen LogP contribution >= 0.6 is 0 Å². The molecule has 2 heterocycles. The molecule has 0 saturated carbocycles. The number of aryl methyl sites for hydroxylation is 1. The van der Waals surface area contributed by atoms with E-state index in [1.54, 1.807) is 0 Å². The fraction of sp³-hybridized carbons (Fsp3) is 0.737. The molecule has 1 aliphatic heterocycles. The summed E-state index contributed by atoms with van der Waals surface area (Å²) >= 11 is 0. The lowest BCUT2D eigenvalue weighted by Gasteiger charge is -2.37. The summed E-state index contributed by atoms with van der Waals surface area (Å²) in [5.74, 6) is -0.679. The van der Waals surface area contributed by atoms with Gasteiger partial charge in [0.05, 0.1) is 6.61 Å². The molecule has 0 aliphatic carbocycles. The van der Waals surface area contributed by atoms with Crippen molar-refractivity contribution in [2.24, 2.45) is 0 Å². The smallest absolute Gasteiger partial charge is 0.460 e. The van der Waals surface area contributed by atoms with E-state index in [2.05, 4.69) is 4.98 Å². The number of carbonyl (C=O) groups excluding carboxylic acids is 1. The highest BCUT2D eigenvalue weighted by Gasteiger charge is 2.57. The zero-order valence-electron chi connectivity index (χ0n) is 20.0. The van der Waals surface area contributed by atoms with Crippen molar-refractivity contribution in [2.45, 2.75) is 83.0 Å². The van der Waals surface area contributed by atoms with Crippen molar-refractivity contribution >= 4 is 24.6 Å². The Morgan fingerprint density at radius 1 is 1.26 bits per heavy atom. The van der Waals surface area contributed by atoms with Gasteiger partial charge in [-0.05, 0) is 18.0 Å². The van der Waals surface area contributed by atoms with Crippen molar-refractivity contribution in [3.05, 3.63) is 32.6 Å². The molecule has 0 unspecified atom stereocenters. The quantitative estimate of drug-likeness (QED) is 0.280. The summed E-state index contributed by atoms with van der Waals surface area (Å²) in [7, 11) is -10.1. The molecular weight excluding hydrogens is 517 g/mol. The van der Waals surface area contributed by atoms with Gasteiger partial charge in [-0.15, -0.1) is 0 Å². The first-order valence-electron chi connectivity index (χ1n) is 10.7. The van der Waals surface area contributed by atoms with Gasteiger partial charge in [-0.1, -0.05) is 27.7 Å². The molecule has 16 heteroatoms. The van der Waals surface area contributed by atoms with Crippen molar-refractivity contribution in [1.29, 1.82) is 0 Å². The van der Waals surface area contributed by atoms with Gasteiger partial charge in [-0.3, -0.25) is 23.0 Å². The van der Waals surface area contributed by atoms with Crippen molar-refractivity contribution < 1.29 is 44.2 Å². The van der Waals surface area contributed by atoms with Crippen LogP contribution in [0.3, 0.4) is 0 Å². The largest absolute Gasteiger partial charge is 0.522 e. The third-order valence-electron chi connectivity index (χ3n) is 5.56. The van der Waals surface area contributed by atoms with Crippen LogP contribution in [0.2, 0.25) is 11.1 Å². The van der Waals surface area contributed by atoms with Crippen molar-refractivity contribution in [3.8, 4) is 0 Å². The molecule has 0 radical (unpaired) electrons. The normalized spacial score (nSPS) is 21.6. The highest BCUT2D eigenvalue weighted by Crippen LogP contribution is 2.40. The monoisotopic (exact) mass is 546 g/mol. The molecule has 2 rings (SSSR count). The van der Waals surface area contributed by atoms with E-state index in [4.69, 9.17) is 17.8 Å². The van der Waals surface area contributed by atoms with Crippen LogP contribution in [0.15, 0.2) is 15.8 Å². The van der Waals surface area contributed by atoms with Crippen molar-refractivity contribution in [2.75, 3.05) is 6.61 Å². The molecule has 11 nitrogen and oxygen atoms in total. The molecule has 1 N–H and O–H groups in total. The lowest BCUT2D eigenvalue weighted by atomic mass is 10.2. The number of hydrogen-bond acceptors (Lipinski definition) is 9. The molecule has 1 aromatic rings. The summed E-state index contributed by atoms with van der Waals surface area (Å²) in [6.07, 6.45) is -1.80. The average molecular weight is 547 g/mol. The van der Waals surface area contributed by atoms with Crippen LogP contribution < -0.4 is 11.2 Å². The number of ether oxygens (including phenoxy) is 2. The van der Waals surface area contributed by atoms with Gasteiger partial charge < -0.3 is 13.9 Å². The van der Waals surface area contributed by atoms with Crippen LogP contribution in [0.1, 0.15) is 52.8 Å². The first-order chi connectivity index (χ1) is 15.9. The van der Waals surface area contributed by atoms with Crippen LogP contribution in [0, 0.1) is 6.92 Å². The van der Waals surface area contributed by atoms with Crippen molar-refractivity contribution in [1.82, 2.24) is 9.55 Å². The van der Waals surface area contributed by atoms with E-state index in [9.17, 15) is 36.0 Å². The fourth-order valence-corrected chi connectivity index (χ4v) is 9.71. The minimum absolute atomic E-state index is 0.0292. The van der Waals surface area contributed by atoms with Crippen molar-refractivity contribution in [3.63, 3.8) is 0 Å². The molecule has 1 aromatic heterocycles. The molecule has 1 saturated heterocycles. The minimum Gasteiger partial charge on any atom is -0.460 e. The molecular formula is C19H29F3N2O9SSi. The van der Waals surface area contributed by atoms with Crippen LogP contribution in [-0.4, -0.2) is 56.8 Å². The Hall–Kier alpha value is -2.01. The molecule has 0 aromatic carbocycles. The lowest BCUT2D eigenvalue weighted by Crippen LogP contribution is -2.53. The van der Waals surface area contributed by atoms with E-state index >= 15 is 0 Å². The maximum absolute atomic E-state index is 13.1. The highest BCUT2D eigenvalue weighted by atomic mass is 32.2. The number of halogens is 3. The Morgan fingerprint density at radius 3 is 2.31 bits per heavy atom. The van der Waals surface area contributed by atoms with E-state index in [0.717, 1.165) is 11.5 Å². The lowest BCUT2D eigenvalue weighted by molar-refractivity contribution is -0.150. The van der Waals surface area contributed by atoms with Crippen LogP contribution in [0.5, 0.6) is 0 Å². The Kier molecular flexibility index (Phi) is 8.80. The number of rotatable bonds is 9. The third-order valence-corrected chi connectivity index (χ3v) is 11.9. The molecule has 0 amide bonds. The number of H-pyrrole nitrogens is 1. The molecule has 0 spiro atoms. The fourth-order valence-electron chi connectivity index (χ4n) is 3.81. The van der Waals surface area contributed by atoms with E-state index in [-0.39, 0.29) is 12.0 Å². The van der Waals surface area contributed by atoms with E-state index in [1.165, 1.54) is 40.8 Å². The summed E-state index contributed by atoms with van der Waals surface area (Å²) in [5, 5.41) is 0. The standard InChI is InChI=1S/C19H29F3N2O9SSi/c1-10(2)35(11(3)4,33-34(28,29)19(20,21)22)30-9-15-14(31-13(6)25)7-16(32-15)24-8-12(5)17(26)23-18(24)27/h8,10-11,14-16H,7,9H2,1-6H3,(H,23,26,27)/t14-,15-,16-/m1/s1. The Bertz CT molecular complexity index is 1140. The van der Waals surface area contributed by atoms with Gasteiger partial charge in [0, 0.05) is 25.1 Å². The predicted molar refractivity (Wildman–Crippen MR) is 118 cm³/mol. The third kappa shape index (κ3) is 6.41. The number of aromatic amines is 1. The van der Waals surface area contributed by atoms with Gasteiger partial charge in [0.15, 0.2) is 0 Å². The maximum Gasteiger partial charge on any atom is 0.522 e. The molecule has 0 bridgehead atoms. The maximum atomic E-state index is 13.1. The van der Waals surface area contributed by atoms with Crippen LogP contribution in [0.4, 0.5) is 13.2 Å². The predicted octanol–water partition coefficient (Wildman–Crippen LogP) is 2.21. The van der Waals surface area contributed by atoms with Gasteiger partial charge in [-0.2, -0.15) is 21.6 Å². The average Bonchev–Trinajstić information content (AvgIpc) is 3.08. The number of aromatic nitrogens is 2. The second-order valence-corrected chi connectivity index (χ2v) is 14.9. The zero-order valence-corrected chi connectivity index (χ0v) is 21.9. The van der Waals surface area contributed by atoms with Gasteiger partial charge >= 0.3 is 35.8 Å². The molecule has 3 atom stereocenters. The second kappa shape index (κ2) is 10.5. The zero-order chi connectivity index (χ0) is 26.9. The molecule has 1 aliphatic rings. The number of nitrogens with one attached hydrogen (secondary N) is 1. The first-order valence-corrected chi connectivity index (χ1v) is 14.1. The Labute approximate surface area is 200 Å². The first kappa shape index (κ1) is 29.2. The Balaban J connectivity index is 2.37. The number of alkyl halides is 3. The van der Waals surface area contributed by atoms with Crippen LogP contribution in [-0.2, 0) is 32.7 Å². The number of nitrogens with zero attached hydrogens (tertiary/aromatic N) is 1. The summed E-state index contributed by atoms with van der Waals surface area (Å²) < 4.78 is 85.7. The van der Waals surface area contributed by atoms with E-state index < -0.39 is 77.5 Å². The second-order valence-electron chi connectivity index (χ2n) is 8.82. The molecule has 200 valence electrons. The topological polar surface area (TPSA) is 143 Å². The van der Waals surface area contributed by atoms with E-state index in [0.29, 0.717) is 0 Å². The van der Waals surface area contributed by atoms with Crippen LogP contribution in [0.25, 0.3) is 0 Å². The molecule has 35 heavy (non-hydrogen) atoms. The molecule has 1 fully saturated rings. The van der Waals surface area contributed by atoms with Gasteiger partial charge in [0.25, 0.3) is 5.56 Å². The minimum atomic E-state index is -5.96. The van der Waals surface area contributed by atoms with Gasteiger partial charge in [0.1, 0.15) is 18.4 Å². The number of carbonyl (C=O) groups is 1. The SMILES string of the molecule is CC(=O)O[C@@H]1C[C@H](n2cc(C)c(=O)[nH]c2=O)O[C@@H]1CO[Si](OS(=O)(=O)C(F)(F)F)(C(C)C)C(C)C. The van der Waals surface area contributed by atoms with Gasteiger partial charge in [-0.25, -0.2) is 4.79 Å². The van der Waals surface area contributed by atoms with E-state index in [1.807, 2.05) is 0 Å². The number of hydrogen-bond donors (Lipinski definition) is 1. The highest BCUT2D eigenvalue weighted by molar-refractivity contribution is 7.88. The Morgan fingerprint density at radius 2 is 1.83 bits per heavy atom.